The van der Waals surface area contributed by atoms with Crippen LogP contribution in [-0.4, -0.2) is 12.6 Å². The summed E-state index contributed by atoms with van der Waals surface area (Å²) in [6, 6.07) is 1.05. The normalized spacial score (nSPS) is 9.41. The van der Waals surface area contributed by atoms with Crippen molar-refractivity contribution >= 4 is 5.97 Å². The number of carbonyl (C=O) groups is 1. The van der Waals surface area contributed by atoms with Crippen LogP contribution in [0.3, 0.4) is 0 Å². The van der Waals surface area contributed by atoms with Crippen molar-refractivity contribution in [2.45, 2.75) is 13.3 Å². The molecule has 2 nitrogen and oxygen atoms in total. The van der Waals surface area contributed by atoms with E-state index in [1.807, 2.05) is 0 Å². The molecule has 1 aromatic rings. The van der Waals surface area contributed by atoms with Crippen LogP contribution in [-0.2, 0) is 9.53 Å². The van der Waals surface area contributed by atoms with Gasteiger partial charge in [-0.2, -0.15) is 0 Å². The van der Waals surface area contributed by atoms with E-state index in [0.29, 0.717) is 12.1 Å². The summed E-state index contributed by atoms with van der Waals surface area (Å²) in [6.45, 7) is 1.84. The molecular formula is C12H9F3O2. The van der Waals surface area contributed by atoms with E-state index in [0.717, 1.165) is 0 Å². The maximum absolute atomic E-state index is 13.1. The van der Waals surface area contributed by atoms with Crippen molar-refractivity contribution in [1.82, 2.24) is 0 Å². The van der Waals surface area contributed by atoms with Crippen molar-refractivity contribution in [2.75, 3.05) is 6.61 Å². The smallest absolute Gasteiger partial charge is 0.317 e. The third-order valence-electron chi connectivity index (χ3n) is 1.76. The Kier molecular flexibility index (Phi) is 4.58. The van der Waals surface area contributed by atoms with E-state index >= 15 is 0 Å². The van der Waals surface area contributed by atoms with Gasteiger partial charge in [0.15, 0.2) is 0 Å². The van der Waals surface area contributed by atoms with Crippen LogP contribution in [0.2, 0.25) is 0 Å². The SMILES string of the molecule is CCOC(=O)CC#Cc1c(F)cc(F)cc1F. The lowest BCUT2D eigenvalue weighted by atomic mass is 10.2. The minimum atomic E-state index is -1.10. The van der Waals surface area contributed by atoms with Gasteiger partial charge in [0.1, 0.15) is 23.9 Å². The topological polar surface area (TPSA) is 26.3 Å². The largest absolute Gasteiger partial charge is 0.465 e. The van der Waals surface area contributed by atoms with Gasteiger partial charge in [0, 0.05) is 12.1 Å². The molecule has 0 aromatic heterocycles. The number of benzene rings is 1. The van der Waals surface area contributed by atoms with Crippen LogP contribution in [0, 0.1) is 29.3 Å². The van der Waals surface area contributed by atoms with Gasteiger partial charge < -0.3 is 4.74 Å². The van der Waals surface area contributed by atoms with Crippen LogP contribution < -0.4 is 0 Å². The van der Waals surface area contributed by atoms with Crippen molar-refractivity contribution < 1.29 is 22.7 Å². The Morgan fingerprint density at radius 2 is 1.88 bits per heavy atom. The zero-order valence-electron chi connectivity index (χ0n) is 9.02. The van der Waals surface area contributed by atoms with Crippen molar-refractivity contribution in [3.63, 3.8) is 0 Å². The van der Waals surface area contributed by atoms with Gasteiger partial charge in [0.25, 0.3) is 0 Å². The lowest BCUT2D eigenvalue weighted by Gasteiger charge is -1.97. The monoisotopic (exact) mass is 242 g/mol. The fourth-order valence-electron chi connectivity index (χ4n) is 1.08. The van der Waals surface area contributed by atoms with Gasteiger partial charge in [-0.3, -0.25) is 4.79 Å². The molecule has 0 heterocycles. The highest BCUT2D eigenvalue weighted by atomic mass is 19.1. The standard InChI is InChI=1S/C12H9F3O2/c1-2-17-12(16)5-3-4-9-10(14)6-8(13)7-11(9)15/h6-7H,2,5H2,1H3. The van der Waals surface area contributed by atoms with E-state index in [1.165, 1.54) is 0 Å². The molecule has 1 rings (SSSR count). The van der Waals surface area contributed by atoms with Crippen LogP contribution in [0.4, 0.5) is 13.2 Å². The maximum Gasteiger partial charge on any atom is 0.317 e. The molecule has 0 amide bonds. The first-order valence-corrected chi connectivity index (χ1v) is 4.83. The first kappa shape index (κ1) is 13.1. The number of ether oxygens (including phenoxy) is 1. The van der Waals surface area contributed by atoms with Crippen molar-refractivity contribution in [1.29, 1.82) is 0 Å². The molecule has 0 atom stereocenters. The molecule has 0 fully saturated rings. The molecule has 0 spiro atoms. The Morgan fingerprint density at radius 3 is 2.41 bits per heavy atom. The van der Waals surface area contributed by atoms with Crippen molar-refractivity contribution in [2.24, 2.45) is 0 Å². The summed E-state index contributed by atoms with van der Waals surface area (Å²) < 4.78 is 43.3. The second kappa shape index (κ2) is 5.94. The summed E-state index contributed by atoms with van der Waals surface area (Å²) in [5, 5.41) is 0. The molecule has 0 unspecified atom stereocenters. The van der Waals surface area contributed by atoms with Gasteiger partial charge in [0.2, 0.25) is 0 Å². The minimum absolute atomic E-state index is 0.208. The third kappa shape index (κ3) is 3.83. The molecule has 5 heteroatoms. The number of halogens is 3. The Bertz CT molecular complexity index is 463. The molecule has 90 valence electrons. The number of hydrogen-bond donors (Lipinski definition) is 0. The van der Waals surface area contributed by atoms with Crippen LogP contribution in [0.25, 0.3) is 0 Å². The van der Waals surface area contributed by atoms with Crippen LogP contribution in [0.5, 0.6) is 0 Å². The quantitative estimate of drug-likeness (QED) is 0.588. The number of carbonyl (C=O) groups excluding carboxylic acids is 1. The molecule has 0 saturated heterocycles. The molecule has 0 aliphatic heterocycles. The second-order valence-electron chi connectivity index (χ2n) is 3.03. The zero-order valence-corrected chi connectivity index (χ0v) is 9.02. The average molecular weight is 242 g/mol. The highest BCUT2D eigenvalue weighted by Gasteiger charge is 2.08. The Morgan fingerprint density at radius 1 is 1.29 bits per heavy atom. The van der Waals surface area contributed by atoms with E-state index < -0.39 is 29.0 Å². The Hall–Kier alpha value is -1.96. The van der Waals surface area contributed by atoms with Gasteiger partial charge in [-0.05, 0) is 6.92 Å². The van der Waals surface area contributed by atoms with E-state index in [-0.39, 0.29) is 13.0 Å². The number of rotatable bonds is 2. The number of hydrogen-bond acceptors (Lipinski definition) is 2. The first-order valence-electron chi connectivity index (χ1n) is 4.83. The van der Waals surface area contributed by atoms with Gasteiger partial charge in [-0.25, -0.2) is 13.2 Å². The van der Waals surface area contributed by atoms with Gasteiger partial charge in [-0.1, -0.05) is 11.8 Å². The highest BCUT2D eigenvalue weighted by molar-refractivity contribution is 5.72. The summed E-state index contributed by atoms with van der Waals surface area (Å²) in [7, 11) is 0. The summed E-state index contributed by atoms with van der Waals surface area (Å²) in [4.78, 5) is 10.9. The Balaban J connectivity index is 2.82. The molecule has 0 aliphatic rings. The van der Waals surface area contributed by atoms with Crippen LogP contribution in [0.1, 0.15) is 18.9 Å². The van der Waals surface area contributed by atoms with Crippen LogP contribution >= 0.6 is 0 Å². The summed E-state index contributed by atoms with van der Waals surface area (Å²) in [5.74, 6) is 0.596. The molecule has 1 aromatic carbocycles. The second-order valence-corrected chi connectivity index (χ2v) is 3.03. The van der Waals surface area contributed by atoms with Crippen molar-refractivity contribution in [3.8, 4) is 11.8 Å². The number of esters is 1. The lowest BCUT2D eigenvalue weighted by Crippen LogP contribution is -2.01. The summed E-state index contributed by atoms with van der Waals surface area (Å²) in [6.07, 6.45) is -0.274. The summed E-state index contributed by atoms with van der Waals surface area (Å²) >= 11 is 0. The van der Waals surface area contributed by atoms with E-state index in [9.17, 15) is 18.0 Å². The Labute approximate surface area is 96.4 Å². The molecule has 17 heavy (non-hydrogen) atoms. The maximum atomic E-state index is 13.1. The van der Waals surface area contributed by atoms with Crippen molar-refractivity contribution in [3.05, 3.63) is 35.1 Å². The molecule has 0 saturated carbocycles. The van der Waals surface area contributed by atoms with Crippen LogP contribution in [0.15, 0.2) is 12.1 Å². The predicted molar refractivity (Wildman–Crippen MR) is 54.4 cm³/mol. The minimum Gasteiger partial charge on any atom is -0.465 e. The fraction of sp³-hybridized carbons (Fsp3) is 0.250. The average Bonchev–Trinajstić information content (AvgIpc) is 2.22. The molecule has 0 bridgehead atoms. The molecule has 0 radical (unpaired) electrons. The third-order valence-corrected chi connectivity index (χ3v) is 1.76. The van der Waals surface area contributed by atoms with Gasteiger partial charge >= 0.3 is 5.97 Å². The molecular weight excluding hydrogens is 233 g/mol. The van der Waals surface area contributed by atoms with Gasteiger partial charge in [0.05, 0.1) is 12.2 Å². The molecule has 0 N–H and O–H groups in total. The highest BCUT2D eigenvalue weighted by Crippen LogP contribution is 2.13. The van der Waals surface area contributed by atoms with E-state index in [2.05, 4.69) is 16.6 Å². The lowest BCUT2D eigenvalue weighted by molar-refractivity contribution is -0.141. The fourth-order valence-corrected chi connectivity index (χ4v) is 1.08. The first-order chi connectivity index (χ1) is 8.04. The zero-order chi connectivity index (χ0) is 12.8. The van der Waals surface area contributed by atoms with E-state index in [4.69, 9.17) is 0 Å². The van der Waals surface area contributed by atoms with Gasteiger partial charge in [-0.15, -0.1) is 0 Å². The predicted octanol–water partition coefficient (Wildman–Crippen LogP) is 2.41. The molecule has 0 aliphatic carbocycles. The van der Waals surface area contributed by atoms with E-state index in [1.54, 1.807) is 6.92 Å². The summed E-state index contributed by atoms with van der Waals surface area (Å²) in [5.41, 5.74) is -0.560.